The summed E-state index contributed by atoms with van der Waals surface area (Å²) in [6, 6.07) is 4.39. The molecule has 25 heavy (non-hydrogen) atoms. The van der Waals surface area contributed by atoms with Gasteiger partial charge in [0.2, 0.25) is 5.91 Å². The van der Waals surface area contributed by atoms with Gasteiger partial charge in [0.05, 0.1) is 10.6 Å². The van der Waals surface area contributed by atoms with Gasteiger partial charge < -0.3 is 15.5 Å². The van der Waals surface area contributed by atoms with E-state index in [1.807, 2.05) is 4.90 Å². The average Bonchev–Trinajstić information content (AvgIpc) is 3.23. The fourth-order valence-electron chi connectivity index (χ4n) is 3.67. The van der Waals surface area contributed by atoms with Crippen molar-refractivity contribution in [2.24, 2.45) is 11.1 Å². The third-order valence-electron chi connectivity index (χ3n) is 5.32. The van der Waals surface area contributed by atoms with Crippen LogP contribution in [0.5, 0.6) is 0 Å². The molecule has 0 spiro atoms. The van der Waals surface area contributed by atoms with E-state index in [-0.39, 0.29) is 17.2 Å². The molecule has 0 radical (unpaired) electrons. The van der Waals surface area contributed by atoms with Gasteiger partial charge in [-0.1, -0.05) is 30.1 Å². The minimum Gasteiger partial charge on any atom is -0.340 e. The molecule has 1 aromatic carbocycles. The van der Waals surface area contributed by atoms with E-state index >= 15 is 0 Å². The molecule has 2 heterocycles. The molecule has 0 aromatic heterocycles. The van der Waals surface area contributed by atoms with Crippen molar-refractivity contribution < 1.29 is 9.59 Å². The highest BCUT2D eigenvalue weighted by molar-refractivity contribution is 6.35. The minimum absolute atomic E-state index is 0.0150. The molecule has 2 unspecified atom stereocenters. The Morgan fingerprint density at radius 2 is 2.08 bits per heavy atom. The van der Waals surface area contributed by atoms with Crippen molar-refractivity contribution in [3.8, 4) is 0 Å². The van der Waals surface area contributed by atoms with Crippen molar-refractivity contribution >= 4 is 35.0 Å². The van der Waals surface area contributed by atoms with E-state index in [0.717, 1.165) is 12.8 Å². The standard InChI is InChI=1S/C18H23Cl2N3O2/c1-18(10-21)6-8-22(11-18)17(25)15-3-2-7-23(15)16(24)13-9-12(19)4-5-14(13)20/h4-5,9,15H,2-3,6-8,10-11,21H2,1H3. The summed E-state index contributed by atoms with van der Waals surface area (Å²) < 4.78 is 0. The Balaban J connectivity index is 1.77. The van der Waals surface area contributed by atoms with Crippen LogP contribution in [0.25, 0.3) is 0 Å². The average molecular weight is 384 g/mol. The lowest BCUT2D eigenvalue weighted by Crippen LogP contribution is -2.48. The largest absolute Gasteiger partial charge is 0.340 e. The quantitative estimate of drug-likeness (QED) is 0.872. The maximum Gasteiger partial charge on any atom is 0.256 e. The molecule has 3 rings (SSSR count). The first-order chi connectivity index (χ1) is 11.8. The summed E-state index contributed by atoms with van der Waals surface area (Å²) in [6.07, 6.45) is 2.39. The van der Waals surface area contributed by atoms with Crippen LogP contribution < -0.4 is 5.73 Å². The number of rotatable bonds is 3. The Morgan fingerprint density at radius 1 is 1.32 bits per heavy atom. The third-order valence-corrected chi connectivity index (χ3v) is 5.88. The van der Waals surface area contributed by atoms with Gasteiger partial charge in [-0.2, -0.15) is 0 Å². The van der Waals surface area contributed by atoms with Crippen molar-refractivity contribution in [1.29, 1.82) is 0 Å². The van der Waals surface area contributed by atoms with Crippen molar-refractivity contribution in [3.05, 3.63) is 33.8 Å². The number of amides is 2. The Morgan fingerprint density at radius 3 is 2.76 bits per heavy atom. The maximum atomic E-state index is 13.0. The van der Waals surface area contributed by atoms with E-state index < -0.39 is 6.04 Å². The lowest BCUT2D eigenvalue weighted by atomic mass is 9.90. The number of carbonyl (C=O) groups is 2. The van der Waals surface area contributed by atoms with Gasteiger partial charge in [0.1, 0.15) is 6.04 Å². The summed E-state index contributed by atoms with van der Waals surface area (Å²) in [5, 5.41) is 0.803. The highest BCUT2D eigenvalue weighted by Crippen LogP contribution is 2.32. The number of nitrogens with two attached hydrogens (primary N) is 1. The normalized spacial score (nSPS) is 26.3. The molecule has 2 atom stereocenters. The number of carbonyl (C=O) groups excluding carboxylic acids is 2. The van der Waals surface area contributed by atoms with Gasteiger partial charge in [0.25, 0.3) is 5.91 Å². The smallest absolute Gasteiger partial charge is 0.256 e. The van der Waals surface area contributed by atoms with Gasteiger partial charge in [0.15, 0.2) is 0 Å². The Hall–Kier alpha value is -1.30. The van der Waals surface area contributed by atoms with Gasteiger partial charge in [0, 0.05) is 24.7 Å². The fourth-order valence-corrected chi connectivity index (χ4v) is 4.04. The number of hydrogen-bond acceptors (Lipinski definition) is 3. The Labute approximate surface area is 158 Å². The van der Waals surface area contributed by atoms with Crippen LogP contribution in [0.2, 0.25) is 10.0 Å². The van der Waals surface area contributed by atoms with Crippen LogP contribution in [0.3, 0.4) is 0 Å². The van der Waals surface area contributed by atoms with Crippen LogP contribution >= 0.6 is 23.2 Å². The molecule has 136 valence electrons. The molecular formula is C18H23Cl2N3O2. The van der Waals surface area contributed by atoms with Crippen LogP contribution in [0.15, 0.2) is 18.2 Å². The zero-order chi connectivity index (χ0) is 18.2. The molecule has 2 N–H and O–H groups in total. The lowest BCUT2D eigenvalue weighted by molar-refractivity contribution is -0.134. The van der Waals surface area contributed by atoms with Crippen LogP contribution in [0.4, 0.5) is 0 Å². The van der Waals surface area contributed by atoms with Crippen LogP contribution in [-0.2, 0) is 4.79 Å². The number of likely N-dealkylation sites (tertiary alicyclic amines) is 2. The summed E-state index contributed by atoms with van der Waals surface area (Å²) in [4.78, 5) is 29.4. The van der Waals surface area contributed by atoms with Gasteiger partial charge in [-0.3, -0.25) is 9.59 Å². The summed E-state index contributed by atoms with van der Waals surface area (Å²) in [6.45, 7) is 4.56. The van der Waals surface area contributed by atoms with Gasteiger partial charge in [-0.05, 0) is 49.4 Å². The molecule has 2 aliphatic heterocycles. The van der Waals surface area contributed by atoms with Crippen molar-refractivity contribution in [3.63, 3.8) is 0 Å². The van der Waals surface area contributed by atoms with Crippen LogP contribution in [0.1, 0.15) is 36.5 Å². The molecule has 2 aliphatic rings. The molecule has 1 aromatic rings. The van der Waals surface area contributed by atoms with E-state index in [1.165, 1.54) is 0 Å². The summed E-state index contributed by atoms with van der Waals surface area (Å²) in [5.74, 6) is -0.217. The zero-order valence-electron chi connectivity index (χ0n) is 14.3. The van der Waals surface area contributed by atoms with Gasteiger partial charge >= 0.3 is 0 Å². The molecule has 2 fully saturated rings. The highest BCUT2D eigenvalue weighted by Gasteiger charge is 2.42. The summed E-state index contributed by atoms with van der Waals surface area (Å²) in [5.41, 5.74) is 6.16. The fraction of sp³-hybridized carbons (Fsp3) is 0.556. The van der Waals surface area contributed by atoms with Gasteiger partial charge in [-0.25, -0.2) is 0 Å². The van der Waals surface area contributed by atoms with E-state index in [9.17, 15) is 9.59 Å². The third kappa shape index (κ3) is 3.64. The first kappa shape index (κ1) is 18.5. The van der Waals surface area contributed by atoms with Crippen molar-refractivity contribution in [2.45, 2.75) is 32.2 Å². The predicted molar refractivity (Wildman–Crippen MR) is 98.9 cm³/mol. The van der Waals surface area contributed by atoms with E-state index in [4.69, 9.17) is 28.9 Å². The van der Waals surface area contributed by atoms with E-state index in [1.54, 1.807) is 23.1 Å². The number of benzene rings is 1. The Bertz CT molecular complexity index is 697. The molecule has 2 amide bonds. The van der Waals surface area contributed by atoms with E-state index in [2.05, 4.69) is 6.92 Å². The molecular weight excluding hydrogens is 361 g/mol. The highest BCUT2D eigenvalue weighted by atomic mass is 35.5. The minimum atomic E-state index is -0.428. The van der Waals surface area contributed by atoms with Crippen molar-refractivity contribution in [2.75, 3.05) is 26.2 Å². The molecule has 7 heteroatoms. The topological polar surface area (TPSA) is 66.6 Å². The van der Waals surface area contributed by atoms with Gasteiger partial charge in [-0.15, -0.1) is 0 Å². The second kappa shape index (κ2) is 7.14. The molecule has 5 nitrogen and oxygen atoms in total. The SMILES string of the molecule is CC1(CN)CCN(C(=O)C2CCCN2C(=O)c2cc(Cl)ccc2Cl)C1. The zero-order valence-corrected chi connectivity index (χ0v) is 15.8. The molecule has 0 saturated carbocycles. The first-order valence-electron chi connectivity index (χ1n) is 8.59. The summed E-state index contributed by atoms with van der Waals surface area (Å²) >= 11 is 12.2. The molecule has 0 bridgehead atoms. The predicted octanol–water partition coefficient (Wildman–Crippen LogP) is 2.80. The number of hydrogen-bond donors (Lipinski definition) is 1. The first-order valence-corrected chi connectivity index (χ1v) is 9.35. The molecule has 0 aliphatic carbocycles. The molecule has 2 saturated heterocycles. The number of halogens is 2. The van der Waals surface area contributed by atoms with E-state index in [0.29, 0.717) is 48.2 Å². The van der Waals surface area contributed by atoms with Crippen LogP contribution in [0, 0.1) is 5.41 Å². The number of nitrogens with zero attached hydrogens (tertiary/aromatic N) is 2. The summed E-state index contributed by atoms with van der Waals surface area (Å²) in [7, 11) is 0. The van der Waals surface area contributed by atoms with Crippen molar-refractivity contribution in [1.82, 2.24) is 9.80 Å². The maximum absolute atomic E-state index is 13.0. The lowest BCUT2D eigenvalue weighted by Gasteiger charge is -2.29. The monoisotopic (exact) mass is 383 g/mol. The van der Waals surface area contributed by atoms with Crippen LogP contribution in [-0.4, -0.2) is 53.8 Å². The Kier molecular flexibility index (Phi) is 5.28. The second-order valence-corrected chi connectivity index (χ2v) is 8.15. The second-order valence-electron chi connectivity index (χ2n) is 7.31.